The summed E-state index contributed by atoms with van der Waals surface area (Å²) in [6.45, 7) is 3.20. The van der Waals surface area contributed by atoms with Gasteiger partial charge in [-0.1, -0.05) is 54.6 Å². The maximum absolute atomic E-state index is 4.91. The van der Waals surface area contributed by atoms with E-state index in [-0.39, 0.29) is 0 Å². The zero-order valence-corrected chi connectivity index (χ0v) is 18.4. The molecular formula is C28H28N4. The van der Waals surface area contributed by atoms with Crippen LogP contribution in [0.1, 0.15) is 43.5 Å². The van der Waals surface area contributed by atoms with E-state index in [1.54, 1.807) is 0 Å². The van der Waals surface area contributed by atoms with Crippen molar-refractivity contribution in [3.63, 3.8) is 0 Å². The topological polar surface area (TPSA) is 41.4 Å². The number of pyridine rings is 2. The summed E-state index contributed by atoms with van der Waals surface area (Å²) in [6, 6.07) is 25.0. The Morgan fingerprint density at radius 2 is 1.78 bits per heavy atom. The van der Waals surface area contributed by atoms with Gasteiger partial charge >= 0.3 is 0 Å². The van der Waals surface area contributed by atoms with Gasteiger partial charge in [-0.2, -0.15) is 0 Å². The molecule has 2 bridgehead atoms. The van der Waals surface area contributed by atoms with E-state index < -0.39 is 0 Å². The number of hydrogen-bond acceptors (Lipinski definition) is 4. The molecule has 2 aromatic carbocycles. The summed E-state index contributed by atoms with van der Waals surface area (Å²) in [5.41, 5.74) is 4.22. The SMILES string of the molecule is C[C@@H](c1ccccc1)N1[C@H]2CC[C@H](C2)[C@H]1CN=Cc1ccc2ccc3cccnc3c2n1. The number of benzene rings is 2. The van der Waals surface area contributed by atoms with Crippen LogP contribution in [0, 0.1) is 5.92 Å². The van der Waals surface area contributed by atoms with Crippen LogP contribution in [0.25, 0.3) is 21.8 Å². The van der Waals surface area contributed by atoms with Crippen LogP contribution in [0.15, 0.2) is 77.9 Å². The molecule has 160 valence electrons. The molecule has 0 amide bonds. The van der Waals surface area contributed by atoms with Gasteiger partial charge in [-0.3, -0.25) is 14.9 Å². The average molecular weight is 421 g/mol. The first-order chi connectivity index (χ1) is 15.8. The number of likely N-dealkylation sites (tertiary alicyclic amines) is 1. The minimum atomic E-state index is 0.433. The third-order valence-electron chi connectivity index (χ3n) is 7.49. The van der Waals surface area contributed by atoms with Crippen molar-refractivity contribution in [2.24, 2.45) is 10.9 Å². The van der Waals surface area contributed by atoms with Crippen molar-refractivity contribution in [1.29, 1.82) is 0 Å². The highest BCUT2D eigenvalue weighted by molar-refractivity contribution is 6.03. The van der Waals surface area contributed by atoms with E-state index >= 15 is 0 Å². The van der Waals surface area contributed by atoms with Crippen molar-refractivity contribution in [3.8, 4) is 0 Å². The Kier molecular flexibility index (Phi) is 4.95. The van der Waals surface area contributed by atoms with E-state index in [4.69, 9.17) is 9.98 Å². The summed E-state index contributed by atoms with van der Waals surface area (Å²) in [7, 11) is 0. The molecule has 1 saturated heterocycles. The molecule has 4 nitrogen and oxygen atoms in total. The summed E-state index contributed by atoms with van der Waals surface area (Å²) < 4.78 is 0. The monoisotopic (exact) mass is 420 g/mol. The van der Waals surface area contributed by atoms with Gasteiger partial charge in [0.2, 0.25) is 0 Å². The predicted octanol–water partition coefficient (Wildman–Crippen LogP) is 5.82. The highest BCUT2D eigenvalue weighted by Gasteiger charge is 2.47. The molecule has 4 atom stereocenters. The number of nitrogens with zero attached hydrogens (tertiary/aromatic N) is 4. The Bertz CT molecular complexity index is 1280. The van der Waals surface area contributed by atoms with E-state index in [2.05, 4.69) is 77.5 Å². The fourth-order valence-corrected chi connectivity index (χ4v) is 5.94. The van der Waals surface area contributed by atoms with Crippen molar-refractivity contribution in [3.05, 3.63) is 84.2 Å². The van der Waals surface area contributed by atoms with Gasteiger partial charge in [-0.25, -0.2) is 4.98 Å². The fraction of sp³-hybridized carbons (Fsp3) is 0.321. The highest BCUT2D eigenvalue weighted by atomic mass is 15.3. The van der Waals surface area contributed by atoms with Crippen molar-refractivity contribution in [1.82, 2.24) is 14.9 Å². The van der Waals surface area contributed by atoms with Gasteiger partial charge in [-0.05, 0) is 49.8 Å². The van der Waals surface area contributed by atoms with Gasteiger partial charge in [0.1, 0.15) is 0 Å². The maximum Gasteiger partial charge on any atom is 0.0972 e. The second kappa shape index (κ2) is 8.10. The summed E-state index contributed by atoms with van der Waals surface area (Å²) in [5.74, 6) is 0.765. The molecule has 0 radical (unpaired) electrons. The first-order valence-corrected chi connectivity index (χ1v) is 11.7. The number of rotatable bonds is 5. The molecule has 3 heterocycles. The zero-order chi connectivity index (χ0) is 21.5. The quantitative estimate of drug-likeness (QED) is 0.302. The molecule has 2 aliphatic rings. The van der Waals surface area contributed by atoms with Crippen LogP contribution in [-0.4, -0.2) is 39.7 Å². The highest BCUT2D eigenvalue weighted by Crippen LogP contribution is 2.46. The largest absolute Gasteiger partial charge is 0.289 e. The molecule has 1 aliphatic heterocycles. The standard InChI is InChI=1S/C28H28N4/c1-19(20-6-3-2-4-7-20)32-25-14-12-23(16-25)26(32)18-29-17-24-13-11-22-10-9-21-8-5-15-30-27(21)28(22)31-24/h2-11,13,15,17,19,23,25-26H,12,14,16,18H2,1H3/t19-,23+,25-,26+/m0/s1. The molecule has 4 aromatic rings. The maximum atomic E-state index is 4.91. The lowest BCUT2D eigenvalue weighted by Crippen LogP contribution is -2.44. The van der Waals surface area contributed by atoms with Crippen LogP contribution in [0.4, 0.5) is 0 Å². The third kappa shape index (κ3) is 3.39. The van der Waals surface area contributed by atoms with E-state index in [1.807, 2.05) is 18.5 Å². The Balaban J connectivity index is 1.25. The molecular weight excluding hydrogens is 392 g/mol. The van der Waals surface area contributed by atoms with E-state index in [1.165, 1.54) is 24.8 Å². The van der Waals surface area contributed by atoms with Crippen molar-refractivity contribution >= 4 is 28.0 Å². The van der Waals surface area contributed by atoms with E-state index in [9.17, 15) is 0 Å². The van der Waals surface area contributed by atoms with Crippen LogP contribution in [0.3, 0.4) is 0 Å². The molecule has 2 aromatic heterocycles. The van der Waals surface area contributed by atoms with Gasteiger partial charge in [-0.15, -0.1) is 0 Å². The van der Waals surface area contributed by atoms with Crippen LogP contribution in [0.2, 0.25) is 0 Å². The number of hydrogen-bond donors (Lipinski definition) is 0. The molecule has 6 rings (SSSR count). The van der Waals surface area contributed by atoms with Crippen LogP contribution < -0.4 is 0 Å². The summed E-state index contributed by atoms with van der Waals surface area (Å²) in [4.78, 5) is 17.1. The lowest BCUT2D eigenvalue weighted by molar-refractivity contribution is 0.0987. The minimum absolute atomic E-state index is 0.433. The van der Waals surface area contributed by atoms with Gasteiger partial charge in [0, 0.05) is 41.3 Å². The van der Waals surface area contributed by atoms with Crippen LogP contribution in [-0.2, 0) is 0 Å². The van der Waals surface area contributed by atoms with Gasteiger partial charge in [0.05, 0.1) is 23.3 Å². The second-order valence-electron chi connectivity index (χ2n) is 9.27. The van der Waals surface area contributed by atoms with Crippen molar-refractivity contribution < 1.29 is 0 Å². The summed E-state index contributed by atoms with van der Waals surface area (Å²) in [5, 5.41) is 2.23. The molecule has 4 heteroatoms. The summed E-state index contributed by atoms with van der Waals surface area (Å²) in [6.07, 6.45) is 7.78. The van der Waals surface area contributed by atoms with E-state index in [0.29, 0.717) is 18.1 Å². The summed E-state index contributed by atoms with van der Waals surface area (Å²) >= 11 is 0. The lowest BCUT2D eigenvalue weighted by atomic mass is 9.95. The minimum Gasteiger partial charge on any atom is -0.289 e. The Hall–Kier alpha value is -3.11. The number of aromatic nitrogens is 2. The number of aliphatic imine (C=N–C) groups is 1. The molecule has 1 aliphatic carbocycles. The molecule has 1 saturated carbocycles. The number of piperidine rings is 1. The fourth-order valence-electron chi connectivity index (χ4n) is 5.94. The van der Waals surface area contributed by atoms with E-state index in [0.717, 1.165) is 40.0 Å². The second-order valence-corrected chi connectivity index (χ2v) is 9.27. The zero-order valence-electron chi connectivity index (χ0n) is 18.4. The Morgan fingerprint density at radius 3 is 2.66 bits per heavy atom. The Morgan fingerprint density at radius 1 is 0.969 bits per heavy atom. The molecule has 0 unspecified atom stereocenters. The van der Waals surface area contributed by atoms with Gasteiger partial charge in [0.25, 0.3) is 0 Å². The van der Waals surface area contributed by atoms with Gasteiger partial charge in [0.15, 0.2) is 0 Å². The van der Waals surface area contributed by atoms with Crippen LogP contribution >= 0.6 is 0 Å². The molecule has 2 fully saturated rings. The van der Waals surface area contributed by atoms with Crippen LogP contribution in [0.5, 0.6) is 0 Å². The predicted molar refractivity (Wildman–Crippen MR) is 131 cm³/mol. The molecule has 0 spiro atoms. The lowest BCUT2D eigenvalue weighted by Gasteiger charge is -2.39. The third-order valence-corrected chi connectivity index (χ3v) is 7.49. The van der Waals surface area contributed by atoms with Gasteiger partial charge < -0.3 is 0 Å². The average Bonchev–Trinajstić information content (AvgIpc) is 3.46. The first kappa shape index (κ1) is 19.6. The smallest absolute Gasteiger partial charge is 0.0972 e. The number of fused-ring (bicyclic) bond motifs is 5. The Labute approximate surface area is 189 Å². The normalized spacial score (nSPS) is 24.1. The molecule has 0 N–H and O–H groups in total. The molecule has 32 heavy (non-hydrogen) atoms. The van der Waals surface area contributed by atoms with Crippen molar-refractivity contribution in [2.75, 3.05) is 6.54 Å². The first-order valence-electron chi connectivity index (χ1n) is 11.7. The van der Waals surface area contributed by atoms with Crippen molar-refractivity contribution in [2.45, 2.75) is 44.3 Å².